The monoisotopic (exact) mass is 390 g/mol. The van der Waals surface area contributed by atoms with E-state index in [1.54, 1.807) is 24.3 Å². The fraction of sp³-hybridized carbons (Fsp3) is 0.316. The molecule has 0 aliphatic carbocycles. The number of nitrogens with one attached hydrogen (secondary N) is 2. The molecule has 0 aromatic heterocycles. The third-order valence-electron chi connectivity index (χ3n) is 4.27. The van der Waals surface area contributed by atoms with Gasteiger partial charge < -0.3 is 5.32 Å². The number of carbonyl (C=O) groups is 1. The fourth-order valence-electron chi connectivity index (χ4n) is 2.75. The van der Waals surface area contributed by atoms with E-state index in [4.69, 9.17) is 0 Å². The van der Waals surface area contributed by atoms with Crippen LogP contribution in [0.1, 0.15) is 28.8 Å². The SMILES string of the molecule is Cc1ccc(NS(=O)(=O)c2cccc(C(=O)NC3CCSCC3)c2)cc1. The summed E-state index contributed by atoms with van der Waals surface area (Å²) in [6.45, 7) is 1.94. The molecule has 26 heavy (non-hydrogen) atoms. The average Bonchev–Trinajstić information content (AvgIpc) is 2.64. The summed E-state index contributed by atoms with van der Waals surface area (Å²) in [6.07, 6.45) is 1.90. The summed E-state index contributed by atoms with van der Waals surface area (Å²) in [5.41, 5.74) is 1.90. The predicted molar refractivity (Wildman–Crippen MR) is 106 cm³/mol. The second kappa shape index (κ2) is 8.14. The van der Waals surface area contributed by atoms with E-state index >= 15 is 0 Å². The number of benzene rings is 2. The summed E-state index contributed by atoms with van der Waals surface area (Å²) in [5, 5.41) is 3.00. The van der Waals surface area contributed by atoms with Crippen molar-refractivity contribution in [2.75, 3.05) is 16.2 Å². The lowest BCUT2D eigenvalue weighted by Gasteiger charge is -2.22. The van der Waals surface area contributed by atoms with Gasteiger partial charge in [-0.1, -0.05) is 23.8 Å². The van der Waals surface area contributed by atoms with E-state index in [0.29, 0.717) is 11.3 Å². The van der Waals surface area contributed by atoms with Crippen LogP contribution < -0.4 is 10.0 Å². The summed E-state index contributed by atoms with van der Waals surface area (Å²) in [6, 6.07) is 13.4. The quantitative estimate of drug-likeness (QED) is 0.820. The van der Waals surface area contributed by atoms with Crippen LogP contribution in [0.2, 0.25) is 0 Å². The van der Waals surface area contributed by atoms with Crippen LogP contribution in [0.3, 0.4) is 0 Å². The van der Waals surface area contributed by atoms with Crippen LogP contribution in [0.5, 0.6) is 0 Å². The van der Waals surface area contributed by atoms with Gasteiger partial charge in [0.2, 0.25) is 0 Å². The Hall–Kier alpha value is -1.99. The number of hydrogen-bond acceptors (Lipinski definition) is 4. The summed E-state index contributed by atoms with van der Waals surface area (Å²) >= 11 is 1.89. The molecule has 138 valence electrons. The Balaban J connectivity index is 1.74. The number of anilines is 1. The van der Waals surface area contributed by atoms with Gasteiger partial charge in [0.05, 0.1) is 4.90 Å². The van der Waals surface area contributed by atoms with Crippen LogP contribution in [0, 0.1) is 6.92 Å². The van der Waals surface area contributed by atoms with Gasteiger partial charge in [-0.3, -0.25) is 9.52 Å². The third kappa shape index (κ3) is 4.80. The van der Waals surface area contributed by atoms with Crippen LogP contribution in [0.4, 0.5) is 5.69 Å². The first-order valence-electron chi connectivity index (χ1n) is 8.52. The molecule has 0 bridgehead atoms. The molecule has 1 aliphatic heterocycles. The van der Waals surface area contributed by atoms with Crippen LogP contribution in [0.15, 0.2) is 53.4 Å². The van der Waals surface area contributed by atoms with Crippen molar-refractivity contribution in [3.63, 3.8) is 0 Å². The molecule has 0 atom stereocenters. The topological polar surface area (TPSA) is 75.3 Å². The molecule has 2 N–H and O–H groups in total. The number of thioether (sulfide) groups is 1. The Morgan fingerprint density at radius 2 is 1.77 bits per heavy atom. The summed E-state index contributed by atoms with van der Waals surface area (Å²) in [5.74, 6) is 1.86. The molecule has 0 saturated carbocycles. The van der Waals surface area contributed by atoms with Gasteiger partial charge in [-0.2, -0.15) is 11.8 Å². The molecular weight excluding hydrogens is 368 g/mol. The minimum atomic E-state index is -3.75. The van der Waals surface area contributed by atoms with Gasteiger partial charge in [0.1, 0.15) is 0 Å². The van der Waals surface area contributed by atoms with Crippen molar-refractivity contribution in [2.45, 2.75) is 30.7 Å². The highest BCUT2D eigenvalue weighted by Crippen LogP contribution is 2.19. The van der Waals surface area contributed by atoms with Crippen molar-refractivity contribution in [1.82, 2.24) is 5.32 Å². The maximum Gasteiger partial charge on any atom is 0.261 e. The average molecular weight is 391 g/mol. The number of sulfonamides is 1. The van der Waals surface area contributed by atoms with E-state index in [1.165, 1.54) is 12.1 Å². The van der Waals surface area contributed by atoms with E-state index in [9.17, 15) is 13.2 Å². The molecule has 5 nitrogen and oxygen atoms in total. The zero-order valence-corrected chi connectivity index (χ0v) is 16.2. The number of carbonyl (C=O) groups excluding carboxylic acids is 1. The molecule has 3 rings (SSSR count). The second-order valence-corrected chi connectivity index (χ2v) is 9.27. The van der Waals surface area contributed by atoms with E-state index in [-0.39, 0.29) is 16.8 Å². The van der Waals surface area contributed by atoms with E-state index in [2.05, 4.69) is 10.0 Å². The number of hydrogen-bond donors (Lipinski definition) is 2. The van der Waals surface area contributed by atoms with E-state index < -0.39 is 10.0 Å². The number of rotatable bonds is 5. The maximum atomic E-state index is 12.6. The number of amides is 1. The normalized spacial score (nSPS) is 15.4. The molecule has 2 aromatic rings. The highest BCUT2D eigenvalue weighted by atomic mass is 32.2. The van der Waals surface area contributed by atoms with Gasteiger partial charge in [0, 0.05) is 17.3 Å². The van der Waals surface area contributed by atoms with Gasteiger partial charge >= 0.3 is 0 Å². The summed E-state index contributed by atoms with van der Waals surface area (Å²) < 4.78 is 27.8. The Bertz CT molecular complexity index is 874. The standard InChI is InChI=1S/C19H22N2O3S2/c1-14-5-7-17(8-6-14)21-26(23,24)18-4-2-3-15(13-18)19(22)20-16-9-11-25-12-10-16/h2-8,13,16,21H,9-12H2,1H3,(H,20,22). The van der Waals surface area contributed by atoms with Crippen LogP contribution in [-0.4, -0.2) is 31.9 Å². The molecule has 0 radical (unpaired) electrons. The Labute approximate surface area is 158 Å². The molecular formula is C19H22N2O3S2. The van der Waals surface area contributed by atoms with Crippen LogP contribution >= 0.6 is 11.8 Å². The molecule has 7 heteroatoms. The third-order valence-corrected chi connectivity index (χ3v) is 6.69. The molecule has 2 aromatic carbocycles. The second-order valence-electron chi connectivity index (χ2n) is 6.36. The van der Waals surface area contributed by atoms with Crippen LogP contribution in [-0.2, 0) is 10.0 Å². The van der Waals surface area contributed by atoms with Crippen molar-refractivity contribution in [2.24, 2.45) is 0 Å². The highest BCUT2D eigenvalue weighted by Gasteiger charge is 2.19. The minimum Gasteiger partial charge on any atom is -0.349 e. The zero-order chi connectivity index (χ0) is 18.6. The van der Waals surface area contributed by atoms with Gasteiger partial charge in [-0.05, 0) is 61.6 Å². The van der Waals surface area contributed by atoms with Gasteiger partial charge in [-0.15, -0.1) is 0 Å². The Morgan fingerprint density at radius 1 is 1.08 bits per heavy atom. The molecule has 1 amide bonds. The first kappa shape index (κ1) is 18.8. The Morgan fingerprint density at radius 3 is 2.46 bits per heavy atom. The van der Waals surface area contributed by atoms with Gasteiger partial charge in [-0.25, -0.2) is 8.42 Å². The Kier molecular flexibility index (Phi) is 5.88. The van der Waals surface area contributed by atoms with Crippen molar-refractivity contribution in [1.29, 1.82) is 0 Å². The first-order chi connectivity index (χ1) is 12.4. The van der Waals surface area contributed by atoms with Crippen molar-refractivity contribution in [3.8, 4) is 0 Å². The predicted octanol–water partition coefficient (Wildman–Crippen LogP) is 3.42. The van der Waals surface area contributed by atoms with Crippen molar-refractivity contribution >= 4 is 33.4 Å². The van der Waals surface area contributed by atoms with E-state index in [1.807, 2.05) is 30.8 Å². The first-order valence-corrected chi connectivity index (χ1v) is 11.2. The molecule has 0 spiro atoms. The molecule has 1 aliphatic rings. The molecule has 0 unspecified atom stereocenters. The lowest BCUT2D eigenvalue weighted by Crippen LogP contribution is -2.37. The molecule has 1 saturated heterocycles. The van der Waals surface area contributed by atoms with E-state index in [0.717, 1.165) is 29.9 Å². The lowest BCUT2D eigenvalue weighted by molar-refractivity contribution is 0.0934. The highest BCUT2D eigenvalue weighted by molar-refractivity contribution is 7.99. The largest absolute Gasteiger partial charge is 0.349 e. The van der Waals surface area contributed by atoms with Crippen molar-refractivity contribution < 1.29 is 13.2 Å². The summed E-state index contributed by atoms with van der Waals surface area (Å²) in [7, 11) is -3.75. The lowest BCUT2D eigenvalue weighted by atomic mass is 10.1. The van der Waals surface area contributed by atoms with Gasteiger partial charge in [0.25, 0.3) is 15.9 Å². The smallest absolute Gasteiger partial charge is 0.261 e. The molecule has 1 fully saturated rings. The van der Waals surface area contributed by atoms with Crippen LogP contribution in [0.25, 0.3) is 0 Å². The molecule has 1 heterocycles. The van der Waals surface area contributed by atoms with Crippen molar-refractivity contribution in [3.05, 3.63) is 59.7 Å². The minimum absolute atomic E-state index is 0.0740. The fourth-order valence-corrected chi connectivity index (χ4v) is 4.96. The maximum absolute atomic E-state index is 12.6. The zero-order valence-electron chi connectivity index (χ0n) is 14.6. The number of aryl methyl sites for hydroxylation is 1. The van der Waals surface area contributed by atoms with Gasteiger partial charge in [0.15, 0.2) is 0 Å². The summed E-state index contributed by atoms with van der Waals surface area (Å²) in [4.78, 5) is 12.5.